The summed E-state index contributed by atoms with van der Waals surface area (Å²) in [5.41, 5.74) is 2.35. The molecule has 0 radical (unpaired) electrons. The fourth-order valence-electron chi connectivity index (χ4n) is 4.13. The van der Waals surface area contributed by atoms with E-state index in [1.54, 1.807) is 6.07 Å². The number of likely N-dealkylation sites (tertiary alicyclic amines) is 1. The molecule has 0 unspecified atom stereocenters. The lowest BCUT2D eigenvalue weighted by molar-refractivity contribution is -0.120. The fourth-order valence-corrected chi connectivity index (χ4v) is 4.98. The molecule has 2 amide bonds. The molecular formula is C23H24N6O2S. The van der Waals surface area contributed by atoms with Gasteiger partial charge in [-0.25, -0.2) is 0 Å². The lowest BCUT2D eigenvalue weighted by atomic mass is 10.2. The topological polar surface area (TPSA) is 83.4 Å². The smallest absolute Gasteiger partial charge is 0.244 e. The average molecular weight is 449 g/mol. The third-order valence-electron chi connectivity index (χ3n) is 5.67. The van der Waals surface area contributed by atoms with Crippen LogP contribution in [0.4, 0.5) is 11.4 Å². The third kappa shape index (κ3) is 4.26. The third-order valence-corrected chi connectivity index (χ3v) is 6.59. The SMILES string of the molecule is O=C1CN(C(=O)CSc2nnc(CN3CCCC3)n2-c2ccccc2)c2ccccc2N1. The van der Waals surface area contributed by atoms with Crippen LogP contribution in [0.3, 0.4) is 0 Å². The summed E-state index contributed by atoms with van der Waals surface area (Å²) in [6.45, 7) is 2.89. The zero-order chi connectivity index (χ0) is 21.9. The number of hydrogen-bond donors (Lipinski definition) is 1. The Bertz CT molecular complexity index is 1130. The molecule has 0 spiro atoms. The number of hydrogen-bond acceptors (Lipinski definition) is 6. The van der Waals surface area contributed by atoms with Crippen LogP contribution in [0.15, 0.2) is 59.8 Å². The highest BCUT2D eigenvalue weighted by Crippen LogP contribution is 2.30. The molecule has 0 atom stereocenters. The summed E-state index contributed by atoms with van der Waals surface area (Å²) >= 11 is 1.35. The minimum atomic E-state index is -0.192. The number of benzene rings is 2. The monoisotopic (exact) mass is 448 g/mol. The highest BCUT2D eigenvalue weighted by molar-refractivity contribution is 7.99. The van der Waals surface area contributed by atoms with Gasteiger partial charge in [-0.2, -0.15) is 0 Å². The fraction of sp³-hybridized carbons (Fsp3) is 0.304. The molecule has 1 aromatic heterocycles. The summed E-state index contributed by atoms with van der Waals surface area (Å²) in [5.74, 6) is 0.704. The lowest BCUT2D eigenvalue weighted by Crippen LogP contribution is -2.43. The van der Waals surface area contributed by atoms with Crippen molar-refractivity contribution in [2.75, 3.05) is 35.6 Å². The molecule has 9 heteroatoms. The van der Waals surface area contributed by atoms with E-state index in [2.05, 4.69) is 20.4 Å². The molecule has 5 rings (SSSR count). The zero-order valence-corrected chi connectivity index (χ0v) is 18.4. The van der Waals surface area contributed by atoms with Gasteiger partial charge in [-0.3, -0.25) is 19.1 Å². The van der Waals surface area contributed by atoms with E-state index in [-0.39, 0.29) is 24.1 Å². The van der Waals surface area contributed by atoms with Gasteiger partial charge in [0.15, 0.2) is 11.0 Å². The van der Waals surface area contributed by atoms with E-state index in [0.29, 0.717) is 10.8 Å². The molecule has 32 heavy (non-hydrogen) atoms. The summed E-state index contributed by atoms with van der Waals surface area (Å²) < 4.78 is 2.03. The highest BCUT2D eigenvalue weighted by atomic mass is 32.2. The number of nitrogens with zero attached hydrogens (tertiary/aromatic N) is 5. The van der Waals surface area contributed by atoms with Crippen molar-refractivity contribution in [2.45, 2.75) is 24.5 Å². The minimum absolute atomic E-state index is 0.0159. The maximum atomic E-state index is 13.1. The molecule has 2 aliphatic rings. The minimum Gasteiger partial charge on any atom is -0.323 e. The van der Waals surface area contributed by atoms with Crippen molar-refractivity contribution in [3.8, 4) is 5.69 Å². The molecule has 0 aliphatic carbocycles. The molecule has 2 aromatic carbocycles. The number of fused-ring (bicyclic) bond motifs is 1. The largest absolute Gasteiger partial charge is 0.323 e. The first-order valence-corrected chi connectivity index (χ1v) is 11.7. The molecule has 1 saturated heterocycles. The number of carbonyl (C=O) groups excluding carboxylic acids is 2. The number of carbonyl (C=O) groups is 2. The molecule has 0 saturated carbocycles. The molecule has 3 aromatic rings. The maximum absolute atomic E-state index is 13.1. The Kier molecular flexibility index (Phi) is 5.91. The number of para-hydroxylation sites is 3. The molecule has 164 valence electrons. The first-order chi connectivity index (χ1) is 15.7. The van der Waals surface area contributed by atoms with Gasteiger partial charge in [-0.1, -0.05) is 42.1 Å². The van der Waals surface area contributed by atoms with Crippen molar-refractivity contribution in [3.63, 3.8) is 0 Å². The highest BCUT2D eigenvalue weighted by Gasteiger charge is 2.27. The summed E-state index contributed by atoms with van der Waals surface area (Å²) in [7, 11) is 0. The molecule has 2 aliphatic heterocycles. The second kappa shape index (κ2) is 9.13. The molecular weight excluding hydrogens is 424 g/mol. The van der Waals surface area contributed by atoms with Gasteiger partial charge in [-0.05, 0) is 50.2 Å². The van der Waals surface area contributed by atoms with Crippen LogP contribution in [-0.4, -0.2) is 56.9 Å². The van der Waals surface area contributed by atoms with Crippen LogP contribution in [0.5, 0.6) is 0 Å². The van der Waals surface area contributed by atoms with Crippen LogP contribution < -0.4 is 10.2 Å². The standard InChI is InChI=1S/C23H24N6O2S/c30-21-15-28(19-11-5-4-10-18(19)24-21)22(31)16-32-23-26-25-20(14-27-12-6-7-13-27)29(23)17-8-2-1-3-9-17/h1-5,8-11H,6-7,12-16H2,(H,24,30). The first kappa shape index (κ1) is 20.7. The lowest BCUT2D eigenvalue weighted by Gasteiger charge is -2.29. The van der Waals surface area contributed by atoms with Crippen LogP contribution in [-0.2, 0) is 16.1 Å². The second-order valence-electron chi connectivity index (χ2n) is 7.89. The van der Waals surface area contributed by atoms with Crippen molar-refractivity contribution in [3.05, 3.63) is 60.4 Å². The van der Waals surface area contributed by atoms with E-state index in [4.69, 9.17) is 0 Å². The number of amides is 2. The van der Waals surface area contributed by atoms with E-state index in [0.717, 1.165) is 36.8 Å². The summed E-state index contributed by atoms with van der Waals surface area (Å²) in [6.07, 6.45) is 2.42. The van der Waals surface area contributed by atoms with Crippen molar-refractivity contribution >= 4 is 35.0 Å². The Balaban J connectivity index is 1.37. The van der Waals surface area contributed by atoms with Crippen molar-refractivity contribution in [1.82, 2.24) is 19.7 Å². The van der Waals surface area contributed by atoms with Gasteiger partial charge < -0.3 is 10.2 Å². The quantitative estimate of drug-likeness (QED) is 0.584. The molecule has 8 nitrogen and oxygen atoms in total. The van der Waals surface area contributed by atoms with Gasteiger partial charge in [-0.15, -0.1) is 10.2 Å². The number of thioether (sulfide) groups is 1. The Morgan fingerprint density at radius 3 is 2.56 bits per heavy atom. The van der Waals surface area contributed by atoms with Gasteiger partial charge in [0.05, 0.1) is 23.7 Å². The zero-order valence-electron chi connectivity index (χ0n) is 17.6. The van der Waals surface area contributed by atoms with Gasteiger partial charge in [0, 0.05) is 5.69 Å². The summed E-state index contributed by atoms with van der Waals surface area (Å²) in [5, 5.41) is 12.4. The van der Waals surface area contributed by atoms with Crippen molar-refractivity contribution < 1.29 is 9.59 Å². The van der Waals surface area contributed by atoms with Crippen LogP contribution in [0, 0.1) is 0 Å². The van der Waals surface area contributed by atoms with Crippen LogP contribution in [0.2, 0.25) is 0 Å². The Hall–Kier alpha value is -3.17. The average Bonchev–Trinajstić information content (AvgIpc) is 3.47. The first-order valence-electron chi connectivity index (χ1n) is 10.7. The Morgan fingerprint density at radius 2 is 1.75 bits per heavy atom. The van der Waals surface area contributed by atoms with Crippen molar-refractivity contribution in [1.29, 1.82) is 0 Å². The van der Waals surface area contributed by atoms with Gasteiger partial charge in [0.2, 0.25) is 11.8 Å². The number of aromatic nitrogens is 3. The number of anilines is 2. The van der Waals surface area contributed by atoms with E-state index in [9.17, 15) is 9.59 Å². The van der Waals surface area contributed by atoms with Gasteiger partial charge in [0.1, 0.15) is 6.54 Å². The normalized spacial score (nSPS) is 16.1. The van der Waals surface area contributed by atoms with Crippen LogP contribution in [0.25, 0.3) is 5.69 Å². The predicted octanol–water partition coefficient (Wildman–Crippen LogP) is 2.94. The summed E-state index contributed by atoms with van der Waals surface area (Å²) in [6, 6.07) is 17.3. The van der Waals surface area contributed by atoms with Gasteiger partial charge >= 0.3 is 0 Å². The predicted molar refractivity (Wildman–Crippen MR) is 124 cm³/mol. The number of nitrogens with one attached hydrogen (secondary N) is 1. The molecule has 0 bridgehead atoms. The van der Waals surface area contributed by atoms with E-state index < -0.39 is 0 Å². The van der Waals surface area contributed by atoms with E-state index in [1.807, 2.05) is 53.1 Å². The van der Waals surface area contributed by atoms with E-state index >= 15 is 0 Å². The molecule has 3 heterocycles. The van der Waals surface area contributed by atoms with Crippen LogP contribution >= 0.6 is 11.8 Å². The Labute approximate surface area is 190 Å². The second-order valence-corrected chi connectivity index (χ2v) is 8.83. The van der Waals surface area contributed by atoms with Gasteiger partial charge in [0.25, 0.3) is 0 Å². The number of rotatable bonds is 6. The molecule has 1 N–H and O–H groups in total. The van der Waals surface area contributed by atoms with Crippen LogP contribution in [0.1, 0.15) is 18.7 Å². The molecule has 1 fully saturated rings. The Morgan fingerprint density at radius 1 is 1.00 bits per heavy atom. The van der Waals surface area contributed by atoms with E-state index in [1.165, 1.54) is 29.5 Å². The summed E-state index contributed by atoms with van der Waals surface area (Å²) in [4.78, 5) is 29.1. The van der Waals surface area contributed by atoms with Crippen molar-refractivity contribution in [2.24, 2.45) is 0 Å². The maximum Gasteiger partial charge on any atom is 0.244 e.